The minimum atomic E-state index is -9.78. The summed E-state index contributed by atoms with van der Waals surface area (Å²) in [6.45, 7) is 0.603. The summed E-state index contributed by atoms with van der Waals surface area (Å²) >= 11 is 0. The van der Waals surface area contributed by atoms with Gasteiger partial charge in [-0.15, -0.1) is 0 Å². The maximum absolute atomic E-state index is 15.1. The van der Waals surface area contributed by atoms with E-state index in [1.165, 1.54) is 24.1 Å². The Morgan fingerprint density at radius 1 is 0.975 bits per heavy atom. The number of anilines is 1. The SMILES string of the molecule is CN(C(=O)c1cc2c3c(c(N)nc2cc1F)COC3)[C@@H]1COc2cc(-c3ccc(S(F)(F)(F)(F)F)cc3)ccc21. The smallest absolute Gasteiger partial charge is 0.310 e. The van der Waals surface area contributed by atoms with Crippen LogP contribution in [0.4, 0.5) is 29.6 Å². The van der Waals surface area contributed by atoms with Crippen LogP contribution < -0.4 is 10.5 Å². The second-order valence-electron chi connectivity index (χ2n) is 9.78. The van der Waals surface area contributed by atoms with Crippen LogP contribution in [0.3, 0.4) is 0 Å². The number of hydrogen-bond acceptors (Lipinski definition) is 5. The van der Waals surface area contributed by atoms with E-state index in [1.54, 1.807) is 18.2 Å². The van der Waals surface area contributed by atoms with E-state index in [-0.39, 0.29) is 36.8 Å². The quantitative estimate of drug-likeness (QED) is 0.252. The van der Waals surface area contributed by atoms with Gasteiger partial charge >= 0.3 is 10.2 Å². The molecular weight excluding hydrogens is 560 g/mol. The maximum atomic E-state index is 15.1. The molecule has 3 aromatic carbocycles. The molecule has 6 nitrogen and oxygen atoms in total. The third kappa shape index (κ3) is 4.38. The zero-order valence-electron chi connectivity index (χ0n) is 20.8. The second-order valence-corrected chi connectivity index (χ2v) is 12.2. The molecule has 2 aliphatic heterocycles. The molecule has 1 atom stereocenters. The van der Waals surface area contributed by atoms with Gasteiger partial charge in [-0.3, -0.25) is 4.79 Å². The molecule has 4 aromatic rings. The lowest BCUT2D eigenvalue weighted by Gasteiger charge is -2.40. The largest absolute Gasteiger partial charge is 0.491 e. The lowest BCUT2D eigenvalue weighted by molar-refractivity contribution is 0.0704. The Morgan fingerprint density at radius 2 is 1.65 bits per heavy atom. The lowest BCUT2D eigenvalue weighted by Crippen LogP contribution is -2.32. The molecule has 3 heterocycles. The Hall–Kier alpha value is -3.97. The number of pyridine rings is 1. The van der Waals surface area contributed by atoms with Gasteiger partial charge in [0, 0.05) is 29.6 Å². The molecule has 2 aliphatic rings. The minimum absolute atomic E-state index is 0.0563. The number of fused-ring (bicyclic) bond motifs is 4. The standard InChI is InChI=1S/C27H21F6N3O3S/c1-36(27(37)19-9-18-20-11-38-12-21(20)26(34)35-23(18)10-22(19)28)24-13-39-25-8-15(4-7-17(24)25)14-2-5-16(6-3-14)40(29,30,31,32)33/h2-10,24H,11-13H2,1H3,(H2,34,35)/t24-/m1/s1. The van der Waals surface area contributed by atoms with Gasteiger partial charge in [-0.1, -0.05) is 43.7 Å². The third-order valence-corrected chi connectivity index (χ3v) is 8.40. The van der Waals surface area contributed by atoms with Gasteiger partial charge in [0.15, 0.2) is 0 Å². The van der Waals surface area contributed by atoms with Crippen molar-refractivity contribution in [2.45, 2.75) is 24.2 Å². The van der Waals surface area contributed by atoms with Crippen LogP contribution in [0.15, 0.2) is 59.5 Å². The molecule has 0 spiro atoms. The van der Waals surface area contributed by atoms with E-state index in [4.69, 9.17) is 15.2 Å². The number of likely N-dealkylation sites (N-methyl/N-ethyl adjacent to an activating group) is 1. The van der Waals surface area contributed by atoms with E-state index < -0.39 is 32.9 Å². The Labute approximate surface area is 224 Å². The molecule has 210 valence electrons. The minimum Gasteiger partial charge on any atom is -0.491 e. The predicted molar refractivity (Wildman–Crippen MR) is 138 cm³/mol. The number of benzene rings is 3. The molecule has 0 aliphatic carbocycles. The fraction of sp³-hybridized carbons (Fsp3) is 0.185. The van der Waals surface area contributed by atoms with Gasteiger partial charge in [0.05, 0.1) is 30.3 Å². The van der Waals surface area contributed by atoms with Crippen molar-refractivity contribution in [3.05, 3.63) is 82.7 Å². The number of carbonyl (C=O) groups is 1. The number of ether oxygens (including phenoxy) is 2. The summed E-state index contributed by atoms with van der Waals surface area (Å²) in [6, 6.07) is 9.43. The van der Waals surface area contributed by atoms with Crippen molar-refractivity contribution in [3.63, 3.8) is 0 Å². The highest BCUT2D eigenvalue weighted by molar-refractivity contribution is 8.45. The first-order valence-electron chi connectivity index (χ1n) is 12.0. The van der Waals surface area contributed by atoms with Gasteiger partial charge < -0.3 is 20.1 Å². The second kappa shape index (κ2) is 8.04. The van der Waals surface area contributed by atoms with E-state index in [0.29, 0.717) is 45.5 Å². The summed E-state index contributed by atoms with van der Waals surface area (Å²) < 4.78 is 91.6. The summed E-state index contributed by atoms with van der Waals surface area (Å²) in [4.78, 5) is 17.0. The number of carbonyl (C=O) groups excluding carboxylic acids is 1. The Morgan fingerprint density at radius 3 is 2.35 bits per heavy atom. The number of nitrogens with two attached hydrogens (primary N) is 1. The topological polar surface area (TPSA) is 77.7 Å². The van der Waals surface area contributed by atoms with Crippen molar-refractivity contribution in [2.24, 2.45) is 0 Å². The van der Waals surface area contributed by atoms with Crippen molar-refractivity contribution < 1.29 is 38.1 Å². The number of hydrogen-bond donors (Lipinski definition) is 1. The average Bonchev–Trinajstić information content (AvgIpc) is 3.54. The molecule has 0 unspecified atom stereocenters. The Balaban J connectivity index is 1.28. The molecule has 40 heavy (non-hydrogen) atoms. The first-order chi connectivity index (χ1) is 18.6. The zero-order chi connectivity index (χ0) is 28.7. The zero-order valence-corrected chi connectivity index (χ0v) is 21.6. The maximum Gasteiger partial charge on any atom is 0.310 e. The summed E-state index contributed by atoms with van der Waals surface area (Å²) in [6.07, 6.45) is 0. The third-order valence-electron chi connectivity index (χ3n) is 7.24. The number of rotatable bonds is 4. The van der Waals surface area contributed by atoms with Crippen LogP contribution in [0.1, 0.15) is 33.1 Å². The Bertz CT molecular complexity index is 1730. The van der Waals surface area contributed by atoms with Gasteiger partial charge in [0.25, 0.3) is 5.91 Å². The fourth-order valence-electron chi connectivity index (χ4n) is 5.09. The number of nitrogens with zero attached hydrogens (tertiary/aromatic N) is 2. The normalized spacial score (nSPS) is 18.0. The first kappa shape index (κ1) is 26.3. The summed E-state index contributed by atoms with van der Waals surface area (Å²) in [5, 5.41) is 0.573. The van der Waals surface area contributed by atoms with Crippen LogP contribution in [0.5, 0.6) is 5.75 Å². The predicted octanol–water partition coefficient (Wildman–Crippen LogP) is 7.52. The van der Waals surface area contributed by atoms with Crippen LogP contribution in [0.25, 0.3) is 22.0 Å². The summed E-state index contributed by atoms with van der Waals surface area (Å²) in [5.41, 5.74) is 8.90. The molecule has 1 aromatic heterocycles. The average molecular weight is 582 g/mol. The van der Waals surface area contributed by atoms with Crippen molar-refractivity contribution >= 4 is 32.9 Å². The van der Waals surface area contributed by atoms with Crippen LogP contribution in [-0.2, 0) is 18.0 Å². The molecule has 0 saturated heterocycles. The van der Waals surface area contributed by atoms with E-state index in [2.05, 4.69) is 4.98 Å². The highest BCUT2D eigenvalue weighted by Gasteiger charge is 2.65. The molecule has 0 saturated carbocycles. The molecule has 6 rings (SSSR count). The van der Waals surface area contributed by atoms with E-state index in [0.717, 1.165) is 17.7 Å². The molecule has 1 amide bonds. The Kier molecular flexibility index (Phi) is 5.28. The highest BCUT2D eigenvalue weighted by atomic mass is 32.5. The fourth-order valence-corrected chi connectivity index (χ4v) is 5.74. The number of nitrogen functional groups attached to an aromatic ring is 1. The van der Waals surface area contributed by atoms with Crippen LogP contribution in [0, 0.1) is 5.82 Å². The molecule has 2 N–H and O–H groups in total. The van der Waals surface area contributed by atoms with Gasteiger partial charge in [0.2, 0.25) is 0 Å². The van der Waals surface area contributed by atoms with Crippen LogP contribution >= 0.6 is 10.2 Å². The van der Waals surface area contributed by atoms with Crippen LogP contribution in [-0.4, -0.2) is 29.4 Å². The molecular formula is C27H21F6N3O3S. The van der Waals surface area contributed by atoms with E-state index in [1.807, 2.05) is 0 Å². The summed E-state index contributed by atoms with van der Waals surface area (Å²) in [7, 11) is -8.27. The first-order valence-corrected chi connectivity index (χ1v) is 13.9. The monoisotopic (exact) mass is 581 g/mol. The number of halogens is 6. The molecule has 0 fully saturated rings. The van der Waals surface area contributed by atoms with E-state index >= 15 is 4.39 Å². The molecule has 0 bridgehead atoms. The lowest BCUT2D eigenvalue weighted by atomic mass is 9.99. The summed E-state index contributed by atoms with van der Waals surface area (Å²) in [5.74, 6) is -0.738. The van der Waals surface area contributed by atoms with Crippen molar-refractivity contribution in [1.29, 1.82) is 0 Å². The van der Waals surface area contributed by atoms with Crippen LogP contribution in [0.2, 0.25) is 0 Å². The van der Waals surface area contributed by atoms with Crippen molar-refractivity contribution in [3.8, 4) is 16.9 Å². The number of aromatic nitrogens is 1. The van der Waals surface area contributed by atoms with Crippen molar-refractivity contribution in [1.82, 2.24) is 9.88 Å². The van der Waals surface area contributed by atoms with E-state index in [9.17, 15) is 24.2 Å². The van der Waals surface area contributed by atoms with Crippen molar-refractivity contribution in [2.75, 3.05) is 19.4 Å². The van der Waals surface area contributed by atoms with Gasteiger partial charge in [0.1, 0.15) is 28.9 Å². The molecule has 13 heteroatoms. The highest BCUT2D eigenvalue weighted by Crippen LogP contribution is 3.02. The molecule has 0 radical (unpaired) electrons. The number of amides is 1. The van der Waals surface area contributed by atoms with Gasteiger partial charge in [-0.05, 0) is 41.0 Å². The van der Waals surface area contributed by atoms with Gasteiger partial charge in [-0.25, -0.2) is 9.37 Å². The van der Waals surface area contributed by atoms with Gasteiger partial charge in [-0.2, -0.15) is 0 Å².